The molecule has 1 saturated heterocycles. The van der Waals surface area contributed by atoms with Gasteiger partial charge in [0.1, 0.15) is 0 Å². The zero-order valence-electron chi connectivity index (χ0n) is 17.9. The van der Waals surface area contributed by atoms with Gasteiger partial charge in [-0.15, -0.1) is 22.7 Å². The molecule has 0 saturated carbocycles. The van der Waals surface area contributed by atoms with Crippen LogP contribution in [0.5, 0.6) is 0 Å². The quantitative estimate of drug-likeness (QED) is 0.328. The average molecular weight is 517 g/mol. The van der Waals surface area contributed by atoms with Gasteiger partial charge in [-0.2, -0.15) is 26.3 Å². The lowest BCUT2D eigenvalue weighted by atomic mass is 9.95. The van der Waals surface area contributed by atoms with Crippen molar-refractivity contribution < 1.29 is 35.8 Å². The average Bonchev–Trinajstić information content (AvgIpc) is 3.53. The molecule has 34 heavy (non-hydrogen) atoms. The van der Waals surface area contributed by atoms with Gasteiger partial charge in [-0.3, -0.25) is 0 Å². The van der Waals surface area contributed by atoms with Gasteiger partial charge in [0, 0.05) is 25.8 Å². The Hall–Kier alpha value is -2.14. The van der Waals surface area contributed by atoms with Crippen LogP contribution in [0.15, 0.2) is 42.5 Å². The Morgan fingerprint density at radius 3 is 1.88 bits per heavy atom. The fourth-order valence-electron chi connectivity index (χ4n) is 4.30. The molecule has 0 N–H and O–H groups in total. The SMILES string of the molecule is Cc1sc(-c2ccccc2)cc1C1=C(c2cc(C3OCCO3)sc2C)C(F)(F)C(F)(F)C1(F)F. The Labute approximate surface area is 199 Å². The third-order valence-electron chi connectivity index (χ3n) is 5.97. The van der Waals surface area contributed by atoms with Crippen molar-refractivity contribution in [3.63, 3.8) is 0 Å². The zero-order chi connectivity index (χ0) is 24.5. The van der Waals surface area contributed by atoms with Crippen molar-refractivity contribution in [3.05, 3.63) is 68.2 Å². The summed E-state index contributed by atoms with van der Waals surface area (Å²) >= 11 is 2.09. The summed E-state index contributed by atoms with van der Waals surface area (Å²) in [6.07, 6.45) is -0.842. The molecule has 0 radical (unpaired) electrons. The number of hydrogen-bond donors (Lipinski definition) is 0. The van der Waals surface area contributed by atoms with E-state index in [1.165, 1.54) is 26.0 Å². The Bertz CT molecular complexity index is 1270. The van der Waals surface area contributed by atoms with Gasteiger partial charge >= 0.3 is 17.8 Å². The highest BCUT2D eigenvalue weighted by molar-refractivity contribution is 7.15. The third-order valence-corrected chi connectivity index (χ3v) is 8.14. The maximum Gasteiger partial charge on any atom is 0.380 e. The Morgan fingerprint density at radius 1 is 0.765 bits per heavy atom. The lowest BCUT2D eigenvalue weighted by molar-refractivity contribution is -0.254. The molecule has 2 nitrogen and oxygen atoms in total. The number of benzene rings is 1. The fourth-order valence-corrected chi connectivity index (χ4v) is 6.36. The van der Waals surface area contributed by atoms with Crippen LogP contribution in [0.1, 0.15) is 32.0 Å². The molecule has 3 heterocycles. The second-order valence-electron chi connectivity index (χ2n) is 8.11. The number of allylic oxidation sites excluding steroid dienone is 2. The molecule has 0 amide bonds. The first-order valence-corrected chi connectivity index (χ1v) is 12.0. The topological polar surface area (TPSA) is 18.5 Å². The van der Waals surface area contributed by atoms with E-state index >= 15 is 17.6 Å². The number of ether oxygens (including phenoxy) is 2. The molecule has 0 atom stereocenters. The van der Waals surface area contributed by atoms with Crippen LogP contribution in [0.2, 0.25) is 0 Å². The van der Waals surface area contributed by atoms with Crippen LogP contribution in [0.3, 0.4) is 0 Å². The summed E-state index contributed by atoms with van der Waals surface area (Å²) in [5, 5.41) is 0. The van der Waals surface area contributed by atoms with Gasteiger partial charge in [0.05, 0.1) is 18.1 Å². The minimum Gasteiger partial charge on any atom is -0.345 e. The van der Waals surface area contributed by atoms with E-state index in [-0.39, 0.29) is 34.1 Å². The number of thiophene rings is 2. The molecule has 10 heteroatoms. The van der Waals surface area contributed by atoms with Crippen LogP contribution in [0.4, 0.5) is 26.3 Å². The summed E-state index contributed by atoms with van der Waals surface area (Å²) < 4.78 is 101. The van der Waals surface area contributed by atoms with Crippen LogP contribution < -0.4 is 0 Å². The Balaban J connectivity index is 1.75. The molecule has 180 valence electrons. The number of halogens is 6. The summed E-state index contributed by atoms with van der Waals surface area (Å²) in [5.41, 5.74) is -2.66. The first kappa shape index (κ1) is 23.6. The van der Waals surface area contributed by atoms with Crippen molar-refractivity contribution in [3.8, 4) is 10.4 Å². The molecule has 5 rings (SSSR count). The second kappa shape index (κ2) is 7.94. The van der Waals surface area contributed by atoms with Gasteiger partial charge in [-0.25, -0.2) is 0 Å². The van der Waals surface area contributed by atoms with E-state index in [9.17, 15) is 8.78 Å². The summed E-state index contributed by atoms with van der Waals surface area (Å²) in [7, 11) is 0. The van der Waals surface area contributed by atoms with Gasteiger partial charge in [0.2, 0.25) is 0 Å². The highest BCUT2D eigenvalue weighted by Gasteiger charge is 2.80. The molecule has 3 aromatic rings. The molecule has 0 bridgehead atoms. The second-order valence-corrected chi connectivity index (χ2v) is 10.7. The number of aryl methyl sites for hydroxylation is 2. The summed E-state index contributed by atoms with van der Waals surface area (Å²) in [6, 6.07) is 11.2. The highest BCUT2D eigenvalue weighted by atomic mass is 32.1. The molecule has 1 fully saturated rings. The van der Waals surface area contributed by atoms with E-state index in [4.69, 9.17) is 9.47 Å². The summed E-state index contributed by atoms with van der Waals surface area (Å²) in [5.74, 6) is -15.8. The lowest BCUT2D eigenvalue weighted by Crippen LogP contribution is -2.48. The molecule has 2 aromatic heterocycles. The van der Waals surface area contributed by atoms with Crippen molar-refractivity contribution in [2.45, 2.75) is 37.9 Å². The highest BCUT2D eigenvalue weighted by Crippen LogP contribution is 2.66. The zero-order valence-corrected chi connectivity index (χ0v) is 19.6. The number of rotatable bonds is 4. The molecular weight excluding hydrogens is 498 g/mol. The molecule has 1 aliphatic heterocycles. The maximum absolute atomic E-state index is 15.2. The van der Waals surface area contributed by atoms with Crippen LogP contribution in [-0.4, -0.2) is 31.0 Å². The van der Waals surface area contributed by atoms with Crippen molar-refractivity contribution in [1.29, 1.82) is 0 Å². The molecule has 0 unspecified atom stereocenters. The normalized spacial score (nSPS) is 21.5. The van der Waals surface area contributed by atoms with Gasteiger partial charge < -0.3 is 9.47 Å². The summed E-state index contributed by atoms with van der Waals surface area (Å²) in [4.78, 5) is 1.32. The smallest absolute Gasteiger partial charge is 0.345 e. The number of hydrogen-bond acceptors (Lipinski definition) is 4. The van der Waals surface area contributed by atoms with Gasteiger partial charge in [-0.1, -0.05) is 30.3 Å². The van der Waals surface area contributed by atoms with Crippen molar-refractivity contribution in [2.75, 3.05) is 13.2 Å². The van der Waals surface area contributed by atoms with E-state index in [1.807, 2.05) is 0 Å². The third kappa shape index (κ3) is 3.30. The van der Waals surface area contributed by atoms with E-state index in [1.54, 1.807) is 30.3 Å². The van der Waals surface area contributed by atoms with Gasteiger partial charge in [-0.05, 0) is 42.7 Å². The van der Waals surface area contributed by atoms with Crippen molar-refractivity contribution in [1.82, 2.24) is 0 Å². The van der Waals surface area contributed by atoms with E-state index in [2.05, 4.69) is 0 Å². The molecule has 0 spiro atoms. The van der Waals surface area contributed by atoms with Crippen LogP contribution in [0, 0.1) is 13.8 Å². The summed E-state index contributed by atoms with van der Waals surface area (Å²) in [6.45, 7) is 3.47. The first-order valence-electron chi connectivity index (χ1n) is 10.4. The molecule has 1 aromatic carbocycles. The minimum absolute atomic E-state index is 0.200. The largest absolute Gasteiger partial charge is 0.380 e. The predicted octanol–water partition coefficient (Wildman–Crippen LogP) is 7.97. The lowest BCUT2D eigenvalue weighted by Gasteiger charge is -2.25. The van der Waals surface area contributed by atoms with Gasteiger partial charge in [0.15, 0.2) is 6.29 Å². The monoisotopic (exact) mass is 516 g/mol. The molecule has 1 aliphatic carbocycles. The molecule has 2 aliphatic rings. The van der Waals surface area contributed by atoms with Crippen LogP contribution in [0.25, 0.3) is 21.6 Å². The fraction of sp³-hybridized carbons (Fsp3) is 0.333. The maximum atomic E-state index is 15.2. The van der Waals surface area contributed by atoms with Gasteiger partial charge in [0.25, 0.3) is 0 Å². The van der Waals surface area contributed by atoms with E-state index in [0.717, 1.165) is 22.7 Å². The van der Waals surface area contributed by atoms with Crippen LogP contribution in [-0.2, 0) is 9.47 Å². The van der Waals surface area contributed by atoms with Crippen molar-refractivity contribution >= 4 is 33.8 Å². The van der Waals surface area contributed by atoms with Crippen LogP contribution >= 0.6 is 22.7 Å². The Kier molecular flexibility index (Phi) is 5.51. The first-order chi connectivity index (χ1) is 16.0. The van der Waals surface area contributed by atoms with E-state index in [0.29, 0.717) is 15.3 Å². The Morgan fingerprint density at radius 2 is 1.29 bits per heavy atom. The minimum atomic E-state index is -5.60. The standard InChI is InChI=1S/C24H18F6O2S2/c1-12-15(10-17(33-12)14-6-4-3-5-7-14)19-20(23(27,28)24(29,30)22(19,25)26)16-11-18(34-13(16)2)21-31-8-9-32-21/h3-7,10-11,21H,8-9H2,1-2H3. The number of alkyl halides is 6. The molecular formula is C24H18F6O2S2. The van der Waals surface area contributed by atoms with E-state index < -0.39 is 35.2 Å². The van der Waals surface area contributed by atoms with Crippen molar-refractivity contribution in [2.24, 2.45) is 0 Å². The predicted molar refractivity (Wildman–Crippen MR) is 120 cm³/mol.